The van der Waals surface area contributed by atoms with Crippen molar-refractivity contribution in [2.24, 2.45) is 5.16 Å². The minimum atomic E-state index is -0.441. The molecule has 4 rings (SSSR count). The van der Waals surface area contributed by atoms with E-state index in [-0.39, 0.29) is 36.5 Å². The molecule has 1 amide bonds. The largest absolute Gasteiger partial charge is 0.390 e. The molecule has 1 aliphatic heterocycles. The first-order valence-electron chi connectivity index (χ1n) is 11.1. The summed E-state index contributed by atoms with van der Waals surface area (Å²) in [4.78, 5) is 20.8. The Morgan fingerprint density at radius 1 is 1.00 bits per heavy atom. The standard InChI is InChI=1S/C27H26F2N2O2/c1-2-22(19-10-4-3-5-11-19)27(32)31(17-20-12-6-8-14-24(20)28)18-21-16-26(30-33-21)23-13-7-9-15-25(23)29/h3-15,21-22H,2,16-18H2,1H3/t21-,22+/m0/s1. The van der Waals surface area contributed by atoms with E-state index in [9.17, 15) is 13.6 Å². The molecule has 0 bridgehead atoms. The van der Waals surface area contributed by atoms with Gasteiger partial charge in [-0.05, 0) is 24.1 Å². The van der Waals surface area contributed by atoms with Gasteiger partial charge < -0.3 is 9.74 Å². The van der Waals surface area contributed by atoms with Crippen LogP contribution in [0.1, 0.15) is 42.4 Å². The predicted octanol–water partition coefficient (Wildman–Crippen LogP) is 5.68. The van der Waals surface area contributed by atoms with E-state index in [1.807, 2.05) is 37.3 Å². The van der Waals surface area contributed by atoms with Crippen molar-refractivity contribution >= 4 is 11.6 Å². The van der Waals surface area contributed by atoms with E-state index in [1.165, 1.54) is 12.1 Å². The van der Waals surface area contributed by atoms with Crippen LogP contribution in [0.5, 0.6) is 0 Å². The van der Waals surface area contributed by atoms with E-state index >= 15 is 0 Å². The van der Waals surface area contributed by atoms with Crippen LogP contribution in [-0.2, 0) is 16.2 Å². The fourth-order valence-electron chi connectivity index (χ4n) is 4.15. The van der Waals surface area contributed by atoms with E-state index in [1.54, 1.807) is 41.3 Å². The van der Waals surface area contributed by atoms with Gasteiger partial charge in [-0.25, -0.2) is 8.78 Å². The third kappa shape index (κ3) is 5.28. The van der Waals surface area contributed by atoms with Crippen LogP contribution >= 0.6 is 0 Å². The van der Waals surface area contributed by atoms with Gasteiger partial charge in [0.15, 0.2) is 6.10 Å². The summed E-state index contributed by atoms with van der Waals surface area (Å²) < 4.78 is 28.6. The summed E-state index contributed by atoms with van der Waals surface area (Å²) in [6, 6.07) is 22.4. The maximum absolute atomic E-state index is 14.4. The molecule has 1 aliphatic rings. The molecular formula is C27H26F2N2O2. The molecule has 0 fully saturated rings. The van der Waals surface area contributed by atoms with Gasteiger partial charge in [-0.2, -0.15) is 0 Å². The Kier molecular flexibility index (Phi) is 7.13. The number of benzene rings is 3. The summed E-state index contributed by atoms with van der Waals surface area (Å²) in [6.07, 6.45) is 0.534. The van der Waals surface area contributed by atoms with Gasteiger partial charge in [-0.1, -0.05) is 78.8 Å². The fraction of sp³-hybridized carbons (Fsp3) is 0.259. The van der Waals surface area contributed by atoms with E-state index in [0.29, 0.717) is 29.7 Å². The molecule has 1 heterocycles. The highest BCUT2D eigenvalue weighted by atomic mass is 19.1. The van der Waals surface area contributed by atoms with Crippen LogP contribution in [0.2, 0.25) is 0 Å². The molecule has 170 valence electrons. The Bertz CT molecular complexity index is 1130. The second kappa shape index (κ2) is 10.4. The Morgan fingerprint density at radius 3 is 2.36 bits per heavy atom. The SMILES string of the molecule is CC[C@@H](C(=O)N(Cc1ccccc1F)C[C@@H]1CC(c2ccccc2F)=NO1)c1ccccc1. The van der Waals surface area contributed by atoms with Gasteiger partial charge >= 0.3 is 0 Å². The number of halogens is 2. The van der Waals surface area contributed by atoms with Crippen molar-refractivity contribution in [2.75, 3.05) is 6.54 Å². The van der Waals surface area contributed by atoms with Crippen LogP contribution < -0.4 is 0 Å². The number of hydrogen-bond acceptors (Lipinski definition) is 3. The number of amides is 1. The van der Waals surface area contributed by atoms with Crippen molar-refractivity contribution in [1.29, 1.82) is 0 Å². The minimum Gasteiger partial charge on any atom is -0.390 e. The summed E-state index contributed by atoms with van der Waals surface area (Å²) in [6.45, 7) is 2.30. The Morgan fingerprint density at radius 2 is 1.67 bits per heavy atom. The highest BCUT2D eigenvalue weighted by Crippen LogP contribution is 2.26. The molecule has 0 spiro atoms. The lowest BCUT2D eigenvalue weighted by molar-refractivity contribution is -0.135. The second-order valence-corrected chi connectivity index (χ2v) is 8.13. The number of carbonyl (C=O) groups is 1. The fourth-order valence-corrected chi connectivity index (χ4v) is 4.15. The molecule has 0 radical (unpaired) electrons. The van der Waals surface area contributed by atoms with Crippen molar-refractivity contribution in [1.82, 2.24) is 4.90 Å². The molecule has 0 aliphatic carbocycles. The van der Waals surface area contributed by atoms with Crippen LogP contribution in [0.15, 0.2) is 84.0 Å². The molecule has 3 aromatic rings. The second-order valence-electron chi connectivity index (χ2n) is 8.13. The van der Waals surface area contributed by atoms with Gasteiger partial charge in [-0.3, -0.25) is 4.79 Å². The summed E-state index contributed by atoms with van der Waals surface area (Å²) in [5.74, 6) is -1.19. The summed E-state index contributed by atoms with van der Waals surface area (Å²) in [5, 5.41) is 4.07. The Hall–Kier alpha value is -3.54. The maximum atomic E-state index is 14.4. The monoisotopic (exact) mass is 448 g/mol. The highest BCUT2D eigenvalue weighted by Gasteiger charge is 2.31. The molecule has 2 atom stereocenters. The van der Waals surface area contributed by atoms with Crippen molar-refractivity contribution in [3.8, 4) is 0 Å². The summed E-state index contributed by atoms with van der Waals surface area (Å²) >= 11 is 0. The average Bonchev–Trinajstić information content (AvgIpc) is 3.30. The predicted molar refractivity (Wildman–Crippen MR) is 124 cm³/mol. The first kappa shape index (κ1) is 22.6. The van der Waals surface area contributed by atoms with Crippen molar-refractivity contribution in [2.45, 2.75) is 38.3 Å². The molecule has 33 heavy (non-hydrogen) atoms. The average molecular weight is 449 g/mol. The highest BCUT2D eigenvalue weighted by molar-refractivity contribution is 6.01. The molecule has 0 unspecified atom stereocenters. The molecule has 0 saturated heterocycles. The molecule has 3 aromatic carbocycles. The Balaban J connectivity index is 1.55. The number of carbonyl (C=O) groups excluding carboxylic acids is 1. The first-order valence-corrected chi connectivity index (χ1v) is 11.1. The lowest BCUT2D eigenvalue weighted by Gasteiger charge is -2.29. The minimum absolute atomic E-state index is 0.102. The van der Waals surface area contributed by atoms with Crippen LogP contribution in [0.25, 0.3) is 0 Å². The van der Waals surface area contributed by atoms with Crippen LogP contribution in [0.4, 0.5) is 8.78 Å². The zero-order valence-corrected chi connectivity index (χ0v) is 18.5. The number of hydrogen-bond donors (Lipinski definition) is 0. The first-order chi connectivity index (χ1) is 16.1. The van der Waals surface area contributed by atoms with Crippen molar-refractivity contribution < 1.29 is 18.4 Å². The number of nitrogens with zero attached hydrogens (tertiary/aromatic N) is 2. The lowest BCUT2D eigenvalue weighted by atomic mass is 9.94. The van der Waals surface area contributed by atoms with Crippen LogP contribution in [0.3, 0.4) is 0 Å². The quantitative estimate of drug-likeness (QED) is 0.445. The zero-order chi connectivity index (χ0) is 23.2. The molecule has 4 nitrogen and oxygen atoms in total. The van der Waals surface area contributed by atoms with E-state index in [0.717, 1.165) is 5.56 Å². The Labute approximate surface area is 192 Å². The normalized spacial score (nSPS) is 16.1. The van der Waals surface area contributed by atoms with Gasteiger partial charge in [-0.15, -0.1) is 0 Å². The van der Waals surface area contributed by atoms with E-state index in [2.05, 4.69) is 5.16 Å². The number of oxime groups is 1. The lowest BCUT2D eigenvalue weighted by Crippen LogP contribution is -2.40. The number of rotatable bonds is 8. The molecule has 0 N–H and O–H groups in total. The summed E-state index contributed by atoms with van der Waals surface area (Å²) in [5.41, 5.74) is 2.25. The smallest absolute Gasteiger partial charge is 0.230 e. The summed E-state index contributed by atoms with van der Waals surface area (Å²) in [7, 11) is 0. The van der Waals surface area contributed by atoms with Gasteiger partial charge in [0, 0.05) is 24.1 Å². The van der Waals surface area contributed by atoms with Crippen LogP contribution in [-0.4, -0.2) is 29.2 Å². The van der Waals surface area contributed by atoms with Crippen molar-refractivity contribution in [3.05, 3.63) is 107 Å². The molecular weight excluding hydrogens is 422 g/mol. The zero-order valence-electron chi connectivity index (χ0n) is 18.5. The molecule has 6 heteroatoms. The molecule has 0 saturated carbocycles. The van der Waals surface area contributed by atoms with Crippen LogP contribution in [0, 0.1) is 11.6 Å². The third-order valence-corrected chi connectivity index (χ3v) is 5.88. The van der Waals surface area contributed by atoms with Crippen molar-refractivity contribution in [3.63, 3.8) is 0 Å². The topological polar surface area (TPSA) is 41.9 Å². The van der Waals surface area contributed by atoms with Gasteiger partial charge in [0.1, 0.15) is 11.6 Å². The van der Waals surface area contributed by atoms with E-state index in [4.69, 9.17) is 4.84 Å². The van der Waals surface area contributed by atoms with E-state index < -0.39 is 6.10 Å². The maximum Gasteiger partial charge on any atom is 0.230 e. The molecule has 0 aromatic heterocycles. The third-order valence-electron chi connectivity index (χ3n) is 5.88. The van der Waals surface area contributed by atoms with Gasteiger partial charge in [0.25, 0.3) is 0 Å². The van der Waals surface area contributed by atoms with Gasteiger partial charge in [0.05, 0.1) is 18.2 Å². The van der Waals surface area contributed by atoms with Gasteiger partial charge in [0.2, 0.25) is 5.91 Å².